The largest absolute Gasteiger partial charge is 0.357 e. The van der Waals surface area contributed by atoms with Crippen LogP contribution in [0.25, 0.3) is 0 Å². The Balaban J connectivity index is 2.05. The summed E-state index contributed by atoms with van der Waals surface area (Å²) >= 11 is 0. The molecular formula is C16H35N5. The van der Waals surface area contributed by atoms with E-state index in [1.165, 1.54) is 52.1 Å². The van der Waals surface area contributed by atoms with Crippen LogP contribution < -0.4 is 10.6 Å². The van der Waals surface area contributed by atoms with Crippen LogP contribution in [0.2, 0.25) is 0 Å². The van der Waals surface area contributed by atoms with Crippen molar-refractivity contribution in [3.63, 3.8) is 0 Å². The molecule has 5 heteroatoms. The van der Waals surface area contributed by atoms with Gasteiger partial charge >= 0.3 is 0 Å². The molecule has 0 unspecified atom stereocenters. The predicted octanol–water partition coefficient (Wildman–Crippen LogP) is 1.37. The summed E-state index contributed by atoms with van der Waals surface area (Å²) in [5, 5.41) is 6.71. The highest BCUT2D eigenvalue weighted by molar-refractivity contribution is 5.79. The van der Waals surface area contributed by atoms with Crippen LogP contribution in [0.1, 0.15) is 40.0 Å². The maximum absolute atomic E-state index is 4.52. The van der Waals surface area contributed by atoms with Crippen molar-refractivity contribution < 1.29 is 0 Å². The molecule has 0 aromatic carbocycles. The van der Waals surface area contributed by atoms with Crippen LogP contribution in [0.3, 0.4) is 0 Å². The smallest absolute Gasteiger partial charge is 0.191 e. The van der Waals surface area contributed by atoms with Gasteiger partial charge in [-0.2, -0.15) is 0 Å². The average Bonchev–Trinajstić information content (AvgIpc) is 2.52. The lowest BCUT2D eigenvalue weighted by atomic mass is 10.2. The van der Waals surface area contributed by atoms with E-state index in [0.29, 0.717) is 0 Å². The van der Waals surface area contributed by atoms with Crippen molar-refractivity contribution in [1.82, 2.24) is 20.4 Å². The van der Waals surface area contributed by atoms with Crippen molar-refractivity contribution in [2.75, 3.05) is 58.9 Å². The SMILES string of the molecule is CCCN=C(NCC)NCCCCN1CCN(CC)CC1. The molecule has 1 fully saturated rings. The first-order valence-electron chi connectivity index (χ1n) is 8.77. The molecule has 1 heterocycles. The molecule has 0 aromatic rings. The zero-order valence-electron chi connectivity index (χ0n) is 14.3. The van der Waals surface area contributed by atoms with Crippen LogP contribution in [0, 0.1) is 0 Å². The van der Waals surface area contributed by atoms with Crippen molar-refractivity contribution in [1.29, 1.82) is 0 Å². The molecule has 1 saturated heterocycles. The fourth-order valence-corrected chi connectivity index (χ4v) is 2.56. The summed E-state index contributed by atoms with van der Waals surface area (Å²) in [4.78, 5) is 9.65. The van der Waals surface area contributed by atoms with Gasteiger partial charge < -0.3 is 20.4 Å². The minimum absolute atomic E-state index is 0.900. The maximum Gasteiger partial charge on any atom is 0.191 e. The van der Waals surface area contributed by atoms with Crippen LogP contribution in [0.15, 0.2) is 4.99 Å². The van der Waals surface area contributed by atoms with Crippen molar-refractivity contribution >= 4 is 5.96 Å². The van der Waals surface area contributed by atoms with Crippen molar-refractivity contribution in [3.05, 3.63) is 0 Å². The molecule has 0 atom stereocenters. The number of unbranched alkanes of at least 4 members (excludes halogenated alkanes) is 1. The van der Waals surface area contributed by atoms with E-state index in [9.17, 15) is 0 Å². The van der Waals surface area contributed by atoms with Crippen LogP contribution in [-0.2, 0) is 0 Å². The number of aliphatic imine (C=N–C) groups is 1. The highest BCUT2D eigenvalue weighted by Crippen LogP contribution is 2.02. The van der Waals surface area contributed by atoms with E-state index in [2.05, 4.69) is 46.2 Å². The average molecular weight is 297 g/mol. The number of guanidine groups is 1. The summed E-state index contributed by atoms with van der Waals surface area (Å²) in [5.41, 5.74) is 0. The first kappa shape index (κ1) is 18.2. The van der Waals surface area contributed by atoms with Crippen molar-refractivity contribution in [2.45, 2.75) is 40.0 Å². The molecule has 0 amide bonds. The highest BCUT2D eigenvalue weighted by atomic mass is 15.3. The Hall–Kier alpha value is -0.810. The summed E-state index contributed by atoms with van der Waals surface area (Å²) in [6.45, 7) is 16.8. The Bertz CT molecular complexity index is 272. The van der Waals surface area contributed by atoms with Gasteiger partial charge in [-0.3, -0.25) is 4.99 Å². The molecule has 0 saturated carbocycles. The van der Waals surface area contributed by atoms with Gasteiger partial charge in [0.25, 0.3) is 0 Å². The van der Waals surface area contributed by atoms with Crippen molar-refractivity contribution in [3.8, 4) is 0 Å². The molecule has 1 aliphatic heterocycles. The van der Waals surface area contributed by atoms with E-state index in [1.54, 1.807) is 0 Å². The molecule has 0 bridgehead atoms. The molecule has 0 spiro atoms. The normalized spacial score (nSPS) is 18.0. The molecule has 2 N–H and O–H groups in total. The summed E-state index contributed by atoms with van der Waals surface area (Å²) in [5.74, 6) is 0.968. The molecule has 124 valence electrons. The van der Waals surface area contributed by atoms with E-state index in [0.717, 1.165) is 32.0 Å². The number of likely N-dealkylation sites (N-methyl/N-ethyl adjacent to an activating group) is 1. The third kappa shape index (κ3) is 8.27. The number of piperazine rings is 1. The Morgan fingerprint density at radius 1 is 0.952 bits per heavy atom. The van der Waals surface area contributed by atoms with E-state index >= 15 is 0 Å². The first-order chi connectivity index (χ1) is 10.3. The third-order valence-electron chi connectivity index (χ3n) is 3.94. The monoisotopic (exact) mass is 297 g/mol. The van der Waals surface area contributed by atoms with E-state index in [-0.39, 0.29) is 0 Å². The minimum Gasteiger partial charge on any atom is -0.357 e. The fourth-order valence-electron chi connectivity index (χ4n) is 2.56. The van der Waals surface area contributed by atoms with Gasteiger partial charge in [-0.25, -0.2) is 0 Å². The molecule has 21 heavy (non-hydrogen) atoms. The summed E-state index contributed by atoms with van der Waals surface area (Å²) in [6, 6.07) is 0. The van der Waals surface area contributed by atoms with Gasteiger partial charge in [-0.1, -0.05) is 13.8 Å². The number of nitrogens with one attached hydrogen (secondary N) is 2. The van der Waals surface area contributed by atoms with Crippen LogP contribution in [0.4, 0.5) is 0 Å². The second-order valence-electron chi connectivity index (χ2n) is 5.67. The Morgan fingerprint density at radius 2 is 1.67 bits per heavy atom. The van der Waals surface area contributed by atoms with Gasteiger partial charge in [0.1, 0.15) is 0 Å². The molecule has 0 aliphatic carbocycles. The maximum atomic E-state index is 4.52. The Morgan fingerprint density at radius 3 is 2.29 bits per heavy atom. The minimum atomic E-state index is 0.900. The zero-order valence-corrected chi connectivity index (χ0v) is 14.3. The Kier molecular flexibility index (Phi) is 10.3. The summed E-state index contributed by atoms with van der Waals surface area (Å²) in [7, 11) is 0. The van der Waals surface area contributed by atoms with Crippen LogP contribution in [0.5, 0.6) is 0 Å². The number of hydrogen-bond acceptors (Lipinski definition) is 3. The molecule has 1 aliphatic rings. The molecule has 1 rings (SSSR count). The topological polar surface area (TPSA) is 42.9 Å². The molecular weight excluding hydrogens is 262 g/mol. The number of rotatable bonds is 9. The standard InChI is InChI=1S/C16H35N5/c1-4-9-18-16(17-5-2)19-10-7-8-11-21-14-12-20(6-3)13-15-21/h4-15H2,1-3H3,(H2,17,18,19). The van der Waals surface area contributed by atoms with Gasteiger partial charge in [0.05, 0.1) is 0 Å². The van der Waals surface area contributed by atoms with Gasteiger partial charge in [-0.15, -0.1) is 0 Å². The lowest BCUT2D eigenvalue weighted by molar-refractivity contribution is 0.136. The van der Waals surface area contributed by atoms with Gasteiger partial charge in [-0.05, 0) is 39.3 Å². The summed E-state index contributed by atoms with van der Waals surface area (Å²) in [6.07, 6.45) is 3.58. The van der Waals surface area contributed by atoms with Crippen molar-refractivity contribution in [2.24, 2.45) is 4.99 Å². The lowest BCUT2D eigenvalue weighted by Gasteiger charge is -2.34. The number of hydrogen-bond donors (Lipinski definition) is 2. The molecule has 5 nitrogen and oxygen atoms in total. The molecule has 0 aromatic heterocycles. The fraction of sp³-hybridized carbons (Fsp3) is 0.938. The van der Waals surface area contributed by atoms with Crippen LogP contribution >= 0.6 is 0 Å². The van der Waals surface area contributed by atoms with E-state index in [4.69, 9.17) is 0 Å². The van der Waals surface area contributed by atoms with E-state index in [1.807, 2.05) is 0 Å². The van der Waals surface area contributed by atoms with E-state index < -0.39 is 0 Å². The van der Waals surface area contributed by atoms with Crippen LogP contribution in [-0.4, -0.2) is 74.7 Å². The predicted molar refractivity (Wildman–Crippen MR) is 92.1 cm³/mol. The quantitative estimate of drug-likeness (QED) is 0.383. The Labute approximate surface area is 131 Å². The van der Waals surface area contributed by atoms with Gasteiger partial charge in [0.15, 0.2) is 5.96 Å². The molecule has 0 radical (unpaired) electrons. The zero-order chi connectivity index (χ0) is 15.3. The van der Waals surface area contributed by atoms with Gasteiger partial charge in [0.2, 0.25) is 0 Å². The summed E-state index contributed by atoms with van der Waals surface area (Å²) < 4.78 is 0. The highest BCUT2D eigenvalue weighted by Gasteiger charge is 2.14. The lowest BCUT2D eigenvalue weighted by Crippen LogP contribution is -2.46. The van der Waals surface area contributed by atoms with Gasteiger partial charge in [0, 0.05) is 45.8 Å². The third-order valence-corrected chi connectivity index (χ3v) is 3.94. The second kappa shape index (κ2) is 11.8. The first-order valence-corrected chi connectivity index (χ1v) is 8.77. The second-order valence-corrected chi connectivity index (χ2v) is 5.67. The number of nitrogens with zero attached hydrogens (tertiary/aromatic N) is 3.